The SMILES string of the molecule is CCC(=O)c1ccc(S(=O)Nc2ccc(Cl)cc2C(=O)c2ccc(C)nc2)cc1. The fourth-order valence-electron chi connectivity index (χ4n) is 2.68. The molecule has 148 valence electrons. The molecule has 29 heavy (non-hydrogen) atoms. The molecule has 0 bridgehead atoms. The Bertz CT molecular complexity index is 1080. The van der Waals surface area contributed by atoms with Crippen molar-refractivity contribution in [3.63, 3.8) is 0 Å². The van der Waals surface area contributed by atoms with Gasteiger partial charge in [-0.05, 0) is 49.4 Å². The van der Waals surface area contributed by atoms with Crippen molar-refractivity contribution in [2.45, 2.75) is 25.2 Å². The highest BCUT2D eigenvalue weighted by Gasteiger charge is 2.17. The number of nitrogens with one attached hydrogen (secondary N) is 1. The Hall–Kier alpha value is -2.83. The number of hydrogen-bond acceptors (Lipinski definition) is 4. The van der Waals surface area contributed by atoms with Crippen molar-refractivity contribution in [3.05, 3.63) is 88.2 Å². The number of benzene rings is 2. The van der Waals surface area contributed by atoms with Gasteiger partial charge < -0.3 is 4.72 Å². The predicted molar refractivity (Wildman–Crippen MR) is 115 cm³/mol. The number of halogens is 1. The molecule has 0 aliphatic heterocycles. The van der Waals surface area contributed by atoms with Crippen molar-refractivity contribution in [2.24, 2.45) is 0 Å². The van der Waals surface area contributed by atoms with E-state index in [0.29, 0.717) is 38.7 Å². The fourth-order valence-corrected chi connectivity index (χ4v) is 3.73. The summed E-state index contributed by atoms with van der Waals surface area (Å²) in [6, 6.07) is 14.8. The Morgan fingerprint density at radius 2 is 1.72 bits per heavy atom. The van der Waals surface area contributed by atoms with Gasteiger partial charge in [0.2, 0.25) is 0 Å². The van der Waals surface area contributed by atoms with Gasteiger partial charge in [-0.2, -0.15) is 0 Å². The van der Waals surface area contributed by atoms with Crippen molar-refractivity contribution in [3.8, 4) is 0 Å². The Labute approximate surface area is 176 Å². The summed E-state index contributed by atoms with van der Waals surface area (Å²) in [4.78, 5) is 29.3. The number of aromatic nitrogens is 1. The summed E-state index contributed by atoms with van der Waals surface area (Å²) in [5.41, 5.74) is 2.48. The summed E-state index contributed by atoms with van der Waals surface area (Å²) in [5.74, 6) is -0.254. The van der Waals surface area contributed by atoms with E-state index in [1.165, 1.54) is 12.3 Å². The Morgan fingerprint density at radius 3 is 2.34 bits per heavy atom. The van der Waals surface area contributed by atoms with E-state index in [2.05, 4.69) is 9.71 Å². The van der Waals surface area contributed by atoms with Crippen LogP contribution < -0.4 is 4.72 Å². The number of anilines is 1. The van der Waals surface area contributed by atoms with E-state index in [4.69, 9.17) is 11.6 Å². The maximum Gasteiger partial charge on any atom is 0.196 e. The zero-order chi connectivity index (χ0) is 21.0. The molecule has 0 fully saturated rings. The molecule has 1 heterocycles. The largest absolute Gasteiger partial charge is 0.300 e. The van der Waals surface area contributed by atoms with E-state index in [9.17, 15) is 13.8 Å². The third-order valence-electron chi connectivity index (χ3n) is 4.31. The minimum atomic E-state index is -1.62. The third kappa shape index (κ3) is 4.96. The zero-order valence-corrected chi connectivity index (χ0v) is 17.5. The van der Waals surface area contributed by atoms with Gasteiger partial charge in [-0.1, -0.05) is 30.7 Å². The first-order valence-electron chi connectivity index (χ1n) is 8.97. The molecule has 0 spiro atoms. The smallest absolute Gasteiger partial charge is 0.196 e. The van der Waals surface area contributed by atoms with Gasteiger partial charge in [-0.15, -0.1) is 0 Å². The van der Waals surface area contributed by atoms with Crippen LogP contribution in [0.25, 0.3) is 0 Å². The number of ketones is 2. The fraction of sp³-hybridized carbons (Fsp3) is 0.136. The van der Waals surface area contributed by atoms with Gasteiger partial charge in [0.1, 0.15) is 11.0 Å². The molecular formula is C22H19ClN2O3S. The first kappa shape index (κ1) is 20.9. The second-order valence-electron chi connectivity index (χ2n) is 6.38. The van der Waals surface area contributed by atoms with Gasteiger partial charge in [-0.3, -0.25) is 14.6 Å². The molecule has 0 radical (unpaired) electrons. The quantitative estimate of drug-likeness (QED) is 0.539. The number of rotatable bonds is 7. The molecule has 1 unspecified atom stereocenters. The first-order valence-corrected chi connectivity index (χ1v) is 10.5. The van der Waals surface area contributed by atoms with Gasteiger partial charge >= 0.3 is 0 Å². The summed E-state index contributed by atoms with van der Waals surface area (Å²) >= 11 is 6.08. The highest BCUT2D eigenvalue weighted by atomic mass is 35.5. The van der Waals surface area contributed by atoms with Crippen LogP contribution in [0.4, 0.5) is 5.69 Å². The number of carbonyl (C=O) groups excluding carboxylic acids is 2. The standard InChI is InChI=1S/C22H19ClN2O3S/c1-3-21(26)15-6-9-18(10-7-15)29(28)25-20-11-8-17(23)12-19(20)22(27)16-5-4-14(2)24-13-16/h4-13,25H,3H2,1-2H3. The van der Waals surface area contributed by atoms with E-state index in [1.54, 1.807) is 55.5 Å². The van der Waals surface area contributed by atoms with Crippen molar-refractivity contribution in [1.29, 1.82) is 0 Å². The molecular weight excluding hydrogens is 408 g/mol. The monoisotopic (exact) mass is 426 g/mol. The number of nitrogens with zero attached hydrogens (tertiary/aromatic N) is 1. The van der Waals surface area contributed by atoms with Crippen molar-refractivity contribution in [1.82, 2.24) is 4.98 Å². The third-order valence-corrected chi connectivity index (χ3v) is 5.65. The molecule has 3 rings (SSSR count). The molecule has 1 aromatic heterocycles. The molecule has 2 aromatic carbocycles. The molecule has 3 aromatic rings. The second-order valence-corrected chi connectivity index (χ2v) is 8.03. The summed E-state index contributed by atoms with van der Waals surface area (Å²) in [6.07, 6.45) is 1.91. The van der Waals surface area contributed by atoms with Gasteiger partial charge in [-0.25, -0.2) is 4.21 Å². The lowest BCUT2D eigenvalue weighted by molar-refractivity contribution is 0.0987. The highest BCUT2D eigenvalue weighted by Crippen LogP contribution is 2.25. The predicted octanol–water partition coefficient (Wildman–Crippen LogP) is 5.00. The van der Waals surface area contributed by atoms with E-state index in [0.717, 1.165) is 5.69 Å². The Morgan fingerprint density at radius 1 is 1.03 bits per heavy atom. The van der Waals surface area contributed by atoms with E-state index in [-0.39, 0.29) is 11.6 Å². The minimum Gasteiger partial charge on any atom is -0.300 e. The molecule has 0 saturated carbocycles. The maximum absolute atomic E-state index is 12.9. The number of aryl methyl sites for hydroxylation is 1. The lowest BCUT2D eigenvalue weighted by Gasteiger charge is -2.12. The Kier molecular flexibility index (Phi) is 6.56. The molecule has 1 atom stereocenters. The molecule has 0 saturated heterocycles. The first-order chi connectivity index (χ1) is 13.9. The summed E-state index contributed by atoms with van der Waals surface area (Å²) in [6.45, 7) is 3.63. The zero-order valence-electron chi connectivity index (χ0n) is 15.9. The van der Waals surface area contributed by atoms with E-state index >= 15 is 0 Å². The van der Waals surface area contributed by atoms with Gasteiger partial charge in [0.15, 0.2) is 11.6 Å². The topological polar surface area (TPSA) is 76.1 Å². The average molecular weight is 427 g/mol. The molecule has 0 amide bonds. The lowest BCUT2D eigenvalue weighted by Crippen LogP contribution is -2.11. The molecule has 5 nitrogen and oxygen atoms in total. The van der Waals surface area contributed by atoms with Crippen LogP contribution in [0.5, 0.6) is 0 Å². The van der Waals surface area contributed by atoms with Crippen LogP contribution >= 0.6 is 11.6 Å². The van der Waals surface area contributed by atoms with Crippen LogP contribution in [-0.4, -0.2) is 20.8 Å². The van der Waals surface area contributed by atoms with Crippen LogP contribution in [0.1, 0.15) is 45.3 Å². The molecule has 0 aliphatic rings. The maximum atomic E-state index is 12.9. The number of hydrogen-bond donors (Lipinski definition) is 1. The van der Waals surface area contributed by atoms with E-state index in [1.807, 2.05) is 6.92 Å². The normalized spacial score (nSPS) is 11.7. The summed E-state index contributed by atoms with van der Waals surface area (Å²) in [7, 11) is -1.62. The summed E-state index contributed by atoms with van der Waals surface area (Å²) in [5, 5.41) is 0.396. The van der Waals surface area contributed by atoms with Crippen molar-refractivity contribution < 1.29 is 13.8 Å². The van der Waals surface area contributed by atoms with Gasteiger partial charge in [0.05, 0.1) is 10.6 Å². The lowest BCUT2D eigenvalue weighted by atomic mass is 10.0. The number of pyridine rings is 1. The van der Waals surface area contributed by atoms with Gasteiger partial charge in [0.25, 0.3) is 0 Å². The molecule has 1 N–H and O–H groups in total. The number of Topliss-reactive ketones (excluding diaryl/α,β-unsaturated/α-hetero) is 1. The second kappa shape index (κ2) is 9.11. The van der Waals surface area contributed by atoms with Crippen LogP contribution in [0.3, 0.4) is 0 Å². The Balaban J connectivity index is 1.87. The van der Waals surface area contributed by atoms with Crippen LogP contribution in [-0.2, 0) is 11.0 Å². The summed E-state index contributed by atoms with van der Waals surface area (Å²) < 4.78 is 15.6. The van der Waals surface area contributed by atoms with Crippen LogP contribution in [0.15, 0.2) is 65.7 Å². The average Bonchev–Trinajstić information content (AvgIpc) is 2.74. The van der Waals surface area contributed by atoms with Crippen LogP contribution in [0, 0.1) is 6.92 Å². The highest BCUT2D eigenvalue weighted by molar-refractivity contribution is 7.86. The van der Waals surface area contributed by atoms with Crippen molar-refractivity contribution in [2.75, 3.05) is 4.72 Å². The molecule has 7 heteroatoms. The number of carbonyl (C=O) groups is 2. The minimum absolute atomic E-state index is 0.0209. The van der Waals surface area contributed by atoms with E-state index < -0.39 is 11.0 Å². The molecule has 0 aliphatic carbocycles. The van der Waals surface area contributed by atoms with Crippen molar-refractivity contribution >= 4 is 39.8 Å². The van der Waals surface area contributed by atoms with Crippen LogP contribution in [0.2, 0.25) is 5.02 Å². The van der Waals surface area contributed by atoms with Gasteiger partial charge in [0, 0.05) is 40.0 Å².